The van der Waals surface area contributed by atoms with Crippen LogP contribution in [-0.4, -0.2) is 11.7 Å². The Labute approximate surface area is 122 Å². The molecule has 0 heterocycles. The van der Waals surface area contributed by atoms with Crippen LogP contribution in [0.4, 0.5) is 4.39 Å². The van der Waals surface area contributed by atoms with E-state index in [1.807, 2.05) is 13.0 Å². The van der Waals surface area contributed by atoms with Gasteiger partial charge in [0.25, 0.3) is 0 Å². The highest BCUT2D eigenvalue weighted by molar-refractivity contribution is 6.30. The largest absolute Gasteiger partial charge is 0.494 e. The van der Waals surface area contributed by atoms with Crippen molar-refractivity contribution < 1.29 is 14.2 Å². The minimum atomic E-state index is -0.802. The predicted molar refractivity (Wildman–Crippen MR) is 77.7 cm³/mol. The maximum atomic E-state index is 13.7. The molecule has 2 nitrogen and oxygen atoms in total. The van der Waals surface area contributed by atoms with Gasteiger partial charge in [-0.15, -0.1) is 0 Å². The zero-order valence-corrected chi connectivity index (χ0v) is 11.9. The zero-order valence-electron chi connectivity index (χ0n) is 11.1. The van der Waals surface area contributed by atoms with Crippen LogP contribution in [0.5, 0.6) is 5.75 Å². The topological polar surface area (TPSA) is 29.5 Å². The van der Waals surface area contributed by atoms with Gasteiger partial charge in [0.1, 0.15) is 11.6 Å². The van der Waals surface area contributed by atoms with Gasteiger partial charge in [0, 0.05) is 11.4 Å². The minimum absolute atomic E-state index is 0.169. The van der Waals surface area contributed by atoms with Crippen molar-refractivity contribution in [2.75, 3.05) is 6.61 Å². The number of hydrogen-bond donors (Lipinski definition) is 1. The lowest BCUT2D eigenvalue weighted by atomic mass is 10.0. The molecular formula is C16H16ClFO2. The van der Waals surface area contributed by atoms with Crippen LogP contribution in [0.3, 0.4) is 0 Å². The van der Waals surface area contributed by atoms with Gasteiger partial charge in [-0.05, 0) is 48.4 Å². The molecule has 1 unspecified atom stereocenters. The first-order valence-electron chi connectivity index (χ1n) is 6.45. The van der Waals surface area contributed by atoms with Crippen LogP contribution in [0.1, 0.15) is 24.2 Å². The van der Waals surface area contributed by atoms with Crippen LogP contribution in [0, 0.1) is 5.82 Å². The summed E-state index contributed by atoms with van der Waals surface area (Å²) in [7, 11) is 0. The third-order valence-corrected chi connectivity index (χ3v) is 3.21. The molecule has 0 saturated heterocycles. The smallest absolute Gasteiger partial charge is 0.126 e. The number of hydrogen-bond acceptors (Lipinski definition) is 2. The highest BCUT2D eigenvalue weighted by Crippen LogP contribution is 2.25. The maximum Gasteiger partial charge on any atom is 0.126 e. The monoisotopic (exact) mass is 294 g/mol. The average Bonchev–Trinajstić information content (AvgIpc) is 2.43. The molecule has 0 aromatic heterocycles. The first-order chi connectivity index (χ1) is 9.60. The second-order valence-corrected chi connectivity index (χ2v) is 4.90. The molecule has 0 amide bonds. The number of ether oxygens (including phenoxy) is 1. The van der Waals surface area contributed by atoms with Gasteiger partial charge in [0.05, 0.1) is 12.7 Å². The summed E-state index contributed by atoms with van der Waals surface area (Å²) in [5.41, 5.74) is 1.09. The molecule has 2 aromatic rings. The van der Waals surface area contributed by atoms with E-state index in [9.17, 15) is 9.50 Å². The standard InChI is InChI=1S/C16H16ClFO2/c1-2-20-14-5-3-4-11(9-14)16(19)10-12-8-13(17)6-7-15(12)18/h3-9,16,19H,2,10H2,1H3. The Morgan fingerprint density at radius 1 is 1.25 bits per heavy atom. The summed E-state index contributed by atoms with van der Waals surface area (Å²) >= 11 is 5.84. The Kier molecular flexibility index (Phi) is 4.99. The fourth-order valence-electron chi connectivity index (χ4n) is 2.00. The molecule has 1 atom stereocenters. The fourth-order valence-corrected chi connectivity index (χ4v) is 2.20. The highest BCUT2D eigenvalue weighted by Gasteiger charge is 2.13. The van der Waals surface area contributed by atoms with E-state index in [0.717, 1.165) is 0 Å². The molecule has 0 spiro atoms. The molecular weight excluding hydrogens is 279 g/mol. The van der Waals surface area contributed by atoms with Crippen LogP contribution < -0.4 is 4.74 Å². The lowest BCUT2D eigenvalue weighted by molar-refractivity contribution is 0.176. The number of benzene rings is 2. The molecule has 0 radical (unpaired) electrons. The molecule has 0 bridgehead atoms. The van der Waals surface area contributed by atoms with E-state index in [-0.39, 0.29) is 12.2 Å². The van der Waals surface area contributed by atoms with E-state index in [1.54, 1.807) is 18.2 Å². The number of aliphatic hydroxyl groups excluding tert-OH is 1. The first-order valence-corrected chi connectivity index (χ1v) is 6.82. The van der Waals surface area contributed by atoms with E-state index >= 15 is 0 Å². The lowest BCUT2D eigenvalue weighted by Crippen LogP contribution is -2.04. The average molecular weight is 295 g/mol. The lowest BCUT2D eigenvalue weighted by Gasteiger charge is -2.13. The van der Waals surface area contributed by atoms with E-state index in [0.29, 0.717) is 28.5 Å². The van der Waals surface area contributed by atoms with Crippen LogP contribution >= 0.6 is 11.6 Å². The van der Waals surface area contributed by atoms with Gasteiger partial charge in [0.2, 0.25) is 0 Å². The van der Waals surface area contributed by atoms with E-state index in [1.165, 1.54) is 18.2 Å². The van der Waals surface area contributed by atoms with Crippen LogP contribution in [0.25, 0.3) is 0 Å². The second kappa shape index (κ2) is 6.73. The molecule has 0 saturated carbocycles. The number of rotatable bonds is 5. The molecule has 106 valence electrons. The SMILES string of the molecule is CCOc1cccc(C(O)Cc2cc(Cl)ccc2F)c1. The van der Waals surface area contributed by atoms with Gasteiger partial charge in [-0.3, -0.25) is 0 Å². The van der Waals surface area contributed by atoms with Gasteiger partial charge in [-0.2, -0.15) is 0 Å². The molecule has 0 aliphatic carbocycles. The molecule has 2 aromatic carbocycles. The van der Waals surface area contributed by atoms with Crippen molar-refractivity contribution in [1.82, 2.24) is 0 Å². The summed E-state index contributed by atoms with van der Waals surface area (Å²) in [5, 5.41) is 10.7. The molecule has 4 heteroatoms. The van der Waals surface area contributed by atoms with E-state index in [4.69, 9.17) is 16.3 Å². The Morgan fingerprint density at radius 2 is 2.05 bits per heavy atom. The number of aliphatic hydroxyl groups is 1. The summed E-state index contributed by atoms with van der Waals surface area (Å²) in [6.07, 6.45) is -0.634. The Hall–Kier alpha value is -1.58. The van der Waals surface area contributed by atoms with Gasteiger partial charge in [0.15, 0.2) is 0 Å². The number of halogens is 2. The van der Waals surface area contributed by atoms with Crippen LogP contribution in [0.2, 0.25) is 5.02 Å². The zero-order chi connectivity index (χ0) is 14.5. The summed E-state index contributed by atoms with van der Waals surface area (Å²) in [6.45, 7) is 2.45. The predicted octanol–water partition coefficient (Wildman–Crippen LogP) is 4.15. The third-order valence-electron chi connectivity index (χ3n) is 2.97. The third kappa shape index (κ3) is 3.71. The quantitative estimate of drug-likeness (QED) is 0.897. The maximum absolute atomic E-state index is 13.7. The van der Waals surface area contributed by atoms with Crippen molar-refractivity contribution in [3.8, 4) is 5.75 Å². The van der Waals surface area contributed by atoms with Crippen molar-refractivity contribution in [1.29, 1.82) is 0 Å². The van der Waals surface area contributed by atoms with E-state index < -0.39 is 6.10 Å². The Morgan fingerprint density at radius 3 is 2.80 bits per heavy atom. The first kappa shape index (κ1) is 14.8. The fraction of sp³-hybridized carbons (Fsp3) is 0.250. The van der Waals surface area contributed by atoms with E-state index in [2.05, 4.69) is 0 Å². The van der Waals surface area contributed by atoms with Crippen molar-refractivity contribution in [3.05, 3.63) is 64.4 Å². The van der Waals surface area contributed by atoms with Crippen molar-refractivity contribution >= 4 is 11.6 Å². The van der Waals surface area contributed by atoms with Crippen molar-refractivity contribution in [2.45, 2.75) is 19.4 Å². The van der Waals surface area contributed by atoms with Crippen LogP contribution in [0.15, 0.2) is 42.5 Å². The molecule has 1 N–H and O–H groups in total. The summed E-state index contributed by atoms with van der Waals surface area (Å²) in [5.74, 6) is 0.324. The molecule has 2 rings (SSSR count). The second-order valence-electron chi connectivity index (χ2n) is 4.46. The molecule has 0 aliphatic rings. The Balaban J connectivity index is 2.17. The van der Waals surface area contributed by atoms with Gasteiger partial charge >= 0.3 is 0 Å². The normalized spacial score (nSPS) is 12.2. The van der Waals surface area contributed by atoms with Gasteiger partial charge in [-0.25, -0.2) is 4.39 Å². The molecule has 0 fully saturated rings. The summed E-state index contributed by atoms with van der Waals surface area (Å²) in [6, 6.07) is 11.5. The van der Waals surface area contributed by atoms with Gasteiger partial charge < -0.3 is 9.84 Å². The van der Waals surface area contributed by atoms with Gasteiger partial charge in [-0.1, -0.05) is 23.7 Å². The van der Waals surface area contributed by atoms with Crippen molar-refractivity contribution in [2.24, 2.45) is 0 Å². The minimum Gasteiger partial charge on any atom is -0.494 e. The highest BCUT2D eigenvalue weighted by atomic mass is 35.5. The Bertz CT molecular complexity index is 586. The summed E-state index contributed by atoms with van der Waals surface area (Å²) < 4.78 is 19.0. The van der Waals surface area contributed by atoms with Crippen LogP contribution in [-0.2, 0) is 6.42 Å². The van der Waals surface area contributed by atoms with Crippen molar-refractivity contribution in [3.63, 3.8) is 0 Å². The molecule has 20 heavy (non-hydrogen) atoms. The summed E-state index contributed by atoms with van der Waals surface area (Å²) in [4.78, 5) is 0. The molecule has 0 aliphatic heterocycles.